The monoisotopic (exact) mass is 389 g/mol. The number of carbonyl (C=O) groups is 1. The molecule has 0 saturated heterocycles. The molecule has 0 bridgehead atoms. The van der Waals surface area contributed by atoms with Gasteiger partial charge >= 0.3 is 5.97 Å². The van der Waals surface area contributed by atoms with Crippen LogP contribution < -0.4 is 14.8 Å². The highest BCUT2D eigenvalue weighted by Crippen LogP contribution is 2.26. The number of fused-ring (bicyclic) bond motifs is 1. The summed E-state index contributed by atoms with van der Waals surface area (Å²) < 4.78 is 12.7. The Morgan fingerprint density at radius 1 is 1.10 bits per heavy atom. The van der Waals surface area contributed by atoms with Crippen molar-refractivity contribution < 1.29 is 14.3 Å². The van der Waals surface area contributed by atoms with Crippen LogP contribution >= 0.6 is 0 Å². The Kier molecular flexibility index (Phi) is 5.33. The van der Waals surface area contributed by atoms with Crippen LogP contribution in [0.5, 0.6) is 11.5 Å². The molecule has 29 heavy (non-hydrogen) atoms. The van der Waals surface area contributed by atoms with E-state index in [4.69, 9.17) is 9.47 Å². The molecule has 4 aromatic rings. The number of para-hydroxylation sites is 1. The maximum absolute atomic E-state index is 11.3. The molecule has 2 aromatic heterocycles. The summed E-state index contributed by atoms with van der Waals surface area (Å²) in [6.45, 7) is 2.35. The largest absolute Gasteiger partial charge is 0.492 e. The molecule has 0 fully saturated rings. The molecule has 0 unspecified atom stereocenters. The van der Waals surface area contributed by atoms with Crippen molar-refractivity contribution in [2.75, 3.05) is 18.5 Å². The molecule has 0 aliphatic heterocycles. The average molecular weight is 389 g/mol. The third kappa shape index (κ3) is 4.49. The molecular formula is C21H19N5O3. The highest BCUT2D eigenvalue weighted by atomic mass is 16.5. The second-order valence-corrected chi connectivity index (χ2v) is 6.20. The molecule has 4 rings (SSSR count). The van der Waals surface area contributed by atoms with E-state index >= 15 is 0 Å². The lowest BCUT2D eigenvalue weighted by Gasteiger charge is -2.12. The highest BCUT2D eigenvalue weighted by molar-refractivity contribution is 5.91. The molecule has 8 heteroatoms. The van der Waals surface area contributed by atoms with E-state index in [1.807, 2.05) is 30.3 Å². The van der Waals surface area contributed by atoms with Crippen molar-refractivity contribution in [3.63, 3.8) is 0 Å². The first kappa shape index (κ1) is 18.4. The minimum atomic E-state index is -0.383. The number of benzene rings is 2. The smallest absolute Gasteiger partial charge is 0.308 e. The summed E-state index contributed by atoms with van der Waals surface area (Å²) in [5.74, 6) is 1.96. The van der Waals surface area contributed by atoms with E-state index in [0.717, 1.165) is 11.1 Å². The number of anilines is 1. The Hall–Kier alpha value is -3.94. The summed E-state index contributed by atoms with van der Waals surface area (Å²) in [6, 6.07) is 14.8. The number of esters is 1. The zero-order chi connectivity index (χ0) is 20.1. The summed E-state index contributed by atoms with van der Waals surface area (Å²) in [6.07, 6.45) is 5.07. The first-order valence-electron chi connectivity index (χ1n) is 9.09. The molecule has 8 nitrogen and oxygen atoms in total. The third-order valence-electron chi connectivity index (χ3n) is 4.06. The predicted octanol–water partition coefficient (Wildman–Crippen LogP) is 3.23. The maximum atomic E-state index is 11.3. The molecule has 0 aliphatic rings. The normalized spacial score (nSPS) is 10.7. The van der Waals surface area contributed by atoms with Crippen LogP contribution in [-0.4, -0.2) is 38.6 Å². The molecule has 0 spiro atoms. The van der Waals surface area contributed by atoms with E-state index in [0.29, 0.717) is 36.2 Å². The first-order valence-corrected chi connectivity index (χ1v) is 9.09. The SMILES string of the molecule is CC(=O)Oc1ccc2nc(-n3ccnc3)nc(NCCOc3ccccc3)c2c1. The van der Waals surface area contributed by atoms with E-state index in [9.17, 15) is 4.79 Å². The van der Waals surface area contributed by atoms with Gasteiger partial charge in [-0.25, -0.2) is 9.97 Å². The number of carbonyl (C=O) groups excluding carboxylic acids is 1. The van der Waals surface area contributed by atoms with Crippen LogP contribution in [-0.2, 0) is 4.79 Å². The second kappa shape index (κ2) is 8.39. The summed E-state index contributed by atoms with van der Waals surface area (Å²) in [7, 11) is 0. The zero-order valence-corrected chi connectivity index (χ0v) is 15.8. The van der Waals surface area contributed by atoms with Crippen molar-refractivity contribution in [3.8, 4) is 17.4 Å². The van der Waals surface area contributed by atoms with Gasteiger partial charge in [0.25, 0.3) is 0 Å². The molecule has 0 radical (unpaired) electrons. The van der Waals surface area contributed by atoms with Crippen LogP contribution in [0.15, 0.2) is 67.3 Å². The fourth-order valence-corrected chi connectivity index (χ4v) is 2.81. The molecule has 2 aromatic carbocycles. The minimum absolute atomic E-state index is 0.383. The van der Waals surface area contributed by atoms with Gasteiger partial charge in [-0.15, -0.1) is 0 Å². The van der Waals surface area contributed by atoms with Gasteiger partial charge in [0.15, 0.2) is 0 Å². The Labute approximate surface area is 167 Å². The van der Waals surface area contributed by atoms with Crippen molar-refractivity contribution in [2.24, 2.45) is 0 Å². The Morgan fingerprint density at radius 2 is 1.97 bits per heavy atom. The predicted molar refractivity (Wildman–Crippen MR) is 108 cm³/mol. The van der Waals surface area contributed by atoms with Gasteiger partial charge in [0.2, 0.25) is 5.95 Å². The van der Waals surface area contributed by atoms with Gasteiger partial charge in [0, 0.05) is 24.7 Å². The number of nitrogens with zero attached hydrogens (tertiary/aromatic N) is 4. The fraction of sp³-hybridized carbons (Fsp3) is 0.143. The van der Waals surface area contributed by atoms with Crippen molar-refractivity contribution >= 4 is 22.7 Å². The molecule has 2 heterocycles. The Bertz CT molecular complexity index is 1110. The molecule has 1 N–H and O–H groups in total. The van der Waals surface area contributed by atoms with E-state index in [1.165, 1.54) is 6.92 Å². The number of aromatic nitrogens is 4. The highest BCUT2D eigenvalue weighted by Gasteiger charge is 2.11. The molecule has 0 aliphatic carbocycles. The van der Waals surface area contributed by atoms with Gasteiger partial charge in [-0.2, -0.15) is 4.98 Å². The molecular weight excluding hydrogens is 370 g/mol. The quantitative estimate of drug-likeness (QED) is 0.295. The van der Waals surface area contributed by atoms with Crippen LogP contribution in [0.4, 0.5) is 5.82 Å². The number of ether oxygens (including phenoxy) is 2. The summed E-state index contributed by atoms with van der Waals surface area (Å²) in [5.41, 5.74) is 0.714. The lowest BCUT2D eigenvalue weighted by Crippen LogP contribution is -2.14. The van der Waals surface area contributed by atoms with Gasteiger partial charge in [-0.05, 0) is 30.3 Å². The van der Waals surface area contributed by atoms with Crippen LogP contribution in [0.1, 0.15) is 6.92 Å². The Morgan fingerprint density at radius 3 is 2.72 bits per heavy atom. The van der Waals surface area contributed by atoms with Gasteiger partial charge in [-0.3, -0.25) is 9.36 Å². The Balaban J connectivity index is 1.60. The van der Waals surface area contributed by atoms with Gasteiger partial charge < -0.3 is 14.8 Å². The molecule has 0 atom stereocenters. The summed E-state index contributed by atoms with van der Waals surface area (Å²) in [5, 5.41) is 4.03. The number of nitrogens with one attached hydrogen (secondary N) is 1. The first-order chi connectivity index (χ1) is 14.2. The lowest BCUT2D eigenvalue weighted by atomic mass is 10.2. The van der Waals surface area contributed by atoms with Crippen molar-refractivity contribution in [3.05, 3.63) is 67.3 Å². The summed E-state index contributed by atoms with van der Waals surface area (Å²) >= 11 is 0. The van der Waals surface area contributed by atoms with Crippen LogP contribution in [0.3, 0.4) is 0 Å². The fourth-order valence-electron chi connectivity index (χ4n) is 2.81. The van der Waals surface area contributed by atoms with Crippen LogP contribution in [0.2, 0.25) is 0 Å². The van der Waals surface area contributed by atoms with Gasteiger partial charge in [-0.1, -0.05) is 18.2 Å². The maximum Gasteiger partial charge on any atom is 0.308 e. The number of hydrogen-bond donors (Lipinski definition) is 1. The summed E-state index contributed by atoms with van der Waals surface area (Å²) in [4.78, 5) is 24.5. The lowest BCUT2D eigenvalue weighted by molar-refractivity contribution is -0.131. The molecule has 0 saturated carbocycles. The van der Waals surface area contributed by atoms with Crippen LogP contribution in [0.25, 0.3) is 16.9 Å². The number of hydrogen-bond acceptors (Lipinski definition) is 7. The van der Waals surface area contributed by atoms with Crippen molar-refractivity contribution in [1.82, 2.24) is 19.5 Å². The molecule has 146 valence electrons. The zero-order valence-electron chi connectivity index (χ0n) is 15.8. The van der Waals surface area contributed by atoms with E-state index in [-0.39, 0.29) is 5.97 Å². The number of imidazole rings is 1. The molecule has 0 amide bonds. The average Bonchev–Trinajstić information content (AvgIpc) is 3.26. The third-order valence-corrected chi connectivity index (χ3v) is 4.06. The van der Waals surface area contributed by atoms with Gasteiger partial charge in [0.05, 0.1) is 12.1 Å². The van der Waals surface area contributed by atoms with E-state index in [1.54, 1.807) is 41.5 Å². The minimum Gasteiger partial charge on any atom is -0.492 e. The van der Waals surface area contributed by atoms with Crippen LogP contribution in [0, 0.1) is 0 Å². The van der Waals surface area contributed by atoms with E-state index < -0.39 is 0 Å². The number of rotatable bonds is 7. The van der Waals surface area contributed by atoms with E-state index in [2.05, 4.69) is 20.3 Å². The van der Waals surface area contributed by atoms with Crippen molar-refractivity contribution in [1.29, 1.82) is 0 Å². The second-order valence-electron chi connectivity index (χ2n) is 6.20. The van der Waals surface area contributed by atoms with Gasteiger partial charge in [0.1, 0.15) is 30.3 Å². The standard InChI is InChI=1S/C21H19N5O3/c1-15(27)29-17-7-8-19-18(13-17)20(25-21(24-19)26-11-9-22-14-26)23-10-12-28-16-5-3-2-4-6-16/h2-9,11,13-14H,10,12H2,1H3,(H,23,24,25). The topological polar surface area (TPSA) is 91.2 Å². The van der Waals surface area contributed by atoms with Crippen molar-refractivity contribution in [2.45, 2.75) is 6.92 Å².